The van der Waals surface area contributed by atoms with Gasteiger partial charge in [-0.1, -0.05) is 18.2 Å². The zero-order valence-electron chi connectivity index (χ0n) is 13.5. The van der Waals surface area contributed by atoms with Gasteiger partial charge in [-0.15, -0.1) is 11.3 Å². The largest absolute Gasteiger partial charge is 0.383 e. The summed E-state index contributed by atoms with van der Waals surface area (Å²) in [5, 5.41) is 2.00. The fraction of sp³-hybridized carbons (Fsp3) is 0.647. The first-order valence-corrected chi connectivity index (χ1v) is 10.5. The molecule has 2 aromatic heterocycles. The van der Waals surface area contributed by atoms with E-state index in [1.807, 2.05) is 11.3 Å². The number of thiophene rings is 1. The van der Waals surface area contributed by atoms with E-state index in [-0.39, 0.29) is 0 Å². The molecule has 4 rings (SSSR count). The Bertz CT molecular complexity index is 691. The molecule has 0 bridgehead atoms. The highest BCUT2D eigenvalue weighted by Gasteiger charge is 2.20. The van der Waals surface area contributed by atoms with Gasteiger partial charge in [-0.05, 0) is 57.2 Å². The fourth-order valence-corrected chi connectivity index (χ4v) is 5.86. The highest BCUT2D eigenvalue weighted by molar-refractivity contribution is 7.99. The van der Waals surface area contributed by atoms with Gasteiger partial charge < -0.3 is 10.6 Å². The molecule has 2 aliphatic rings. The molecule has 124 valence electrons. The predicted molar refractivity (Wildman–Crippen MR) is 99.5 cm³/mol. The van der Waals surface area contributed by atoms with Gasteiger partial charge in [0, 0.05) is 17.2 Å². The van der Waals surface area contributed by atoms with Crippen LogP contribution in [0, 0.1) is 0 Å². The summed E-state index contributed by atoms with van der Waals surface area (Å²) in [5.41, 5.74) is 7.70. The Kier molecular flexibility index (Phi) is 4.73. The minimum absolute atomic E-state index is 0.690. The first-order chi connectivity index (χ1) is 11.3. The Balaban J connectivity index is 1.47. The second kappa shape index (κ2) is 6.95. The standard InChI is InChI=1S/C17H24N4S2/c18-15-14-12-6-2-3-7-13(12)23-16(14)20-17(19-15)22-11-10-21-8-4-1-5-9-21/h1-11H2,(H2,18,19,20). The van der Waals surface area contributed by atoms with Crippen molar-refractivity contribution in [2.75, 3.05) is 31.1 Å². The molecule has 1 aliphatic carbocycles. The van der Waals surface area contributed by atoms with Crippen LogP contribution in [0.2, 0.25) is 0 Å². The van der Waals surface area contributed by atoms with E-state index in [4.69, 9.17) is 10.7 Å². The Morgan fingerprint density at radius 2 is 1.87 bits per heavy atom. The van der Waals surface area contributed by atoms with Crippen molar-refractivity contribution in [2.45, 2.75) is 50.1 Å². The quantitative estimate of drug-likeness (QED) is 0.674. The molecule has 0 aromatic carbocycles. The molecule has 2 N–H and O–H groups in total. The molecule has 0 spiro atoms. The summed E-state index contributed by atoms with van der Waals surface area (Å²) in [4.78, 5) is 14.5. The van der Waals surface area contributed by atoms with Crippen LogP contribution in [-0.4, -0.2) is 40.3 Å². The zero-order chi connectivity index (χ0) is 15.6. The minimum Gasteiger partial charge on any atom is -0.383 e. The predicted octanol–water partition coefficient (Wildman–Crippen LogP) is 3.73. The van der Waals surface area contributed by atoms with Crippen molar-refractivity contribution in [1.82, 2.24) is 14.9 Å². The third-order valence-electron chi connectivity index (χ3n) is 4.91. The number of aromatic nitrogens is 2. The molecule has 4 nitrogen and oxygen atoms in total. The van der Waals surface area contributed by atoms with Crippen LogP contribution in [0.3, 0.4) is 0 Å². The smallest absolute Gasteiger partial charge is 0.190 e. The van der Waals surface area contributed by atoms with Gasteiger partial charge in [0.15, 0.2) is 5.16 Å². The summed E-state index contributed by atoms with van der Waals surface area (Å²) in [7, 11) is 0. The lowest BCUT2D eigenvalue weighted by Crippen LogP contribution is -2.31. The number of hydrogen-bond donors (Lipinski definition) is 1. The van der Waals surface area contributed by atoms with Crippen molar-refractivity contribution in [3.8, 4) is 0 Å². The van der Waals surface area contributed by atoms with E-state index in [9.17, 15) is 0 Å². The Hall–Kier alpha value is -0.850. The van der Waals surface area contributed by atoms with Gasteiger partial charge in [0.1, 0.15) is 10.6 Å². The first-order valence-electron chi connectivity index (χ1n) is 8.74. The molecule has 1 saturated heterocycles. The molecule has 0 radical (unpaired) electrons. The van der Waals surface area contributed by atoms with Crippen LogP contribution >= 0.6 is 23.1 Å². The van der Waals surface area contributed by atoms with Crippen LogP contribution in [0.25, 0.3) is 10.2 Å². The molecular formula is C17H24N4S2. The van der Waals surface area contributed by atoms with E-state index in [0.29, 0.717) is 5.82 Å². The number of likely N-dealkylation sites (tertiary alicyclic amines) is 1. The zero-order valence-corrected chi connectivity index (χ0v) is 15.1. The number of anilines is 1. The normalized spacial score (nSPS) is 19.1. The van der Waals surface area contributed by atoms with E-state index in [1.165, 1.54) is 62.1 Å². The van der Waals surface area contributed by atoms with E-state index < -0.39 is 0 Å². The maximum Gasteiger partial charge on any atom is 0.190 e. The SMILES string of the molecule is Nc1nc(SCCN2CCCCC2)nc2sc3c(c12)CCCC3. The minimum atomic E-state index is 0.690. The summed E-state index contributed by atoms with van der Waals surface area (Å²) < 4.78 is 0. The lowest BCUT2D eigenvalue weighted by Gasteiger charge is -2.25. The van der Waals surface area contributed by atoms with Crippen LogP contribution in [0.1, 0.15) is 42.5 Å². The summed E-state index contributed by atoms with van der Waals surface area (Å²) in [5.74, 6) is 1.74. The van der Waals surface area contributed by atoms with Gasteiger partial charge in [-0.2, -0.15) is 0 Å². The molecule has 3 heterocycles. The van der Waals surface area contributed by atoms with Gasteiger partial charge in [0.2, 0.25) is 0 Å². The van der Waals surface area contributed by atoms with Crippen LogP contribution in [0.4, 0.5) is 5.82 Å². The Morgan fingerprint density at radius 1 is 1.04 bits per heavy atom. The number of fused-ring (bicyclic) bond motifs is 3. The molecule has 0 atom stereocenters. The van der Waals surface area contributed by atoms with Crippen molar-refractivity contribution >= 4 is 39.1 Å². The van der Waals surface area contributed by atoms with Crippen molar-refractivity contribution in [3.63, 3.8) is 0 Å². The number of piperidine rings is 1. The van der Waals surface area contributed by atoms with Crippen molar-refractivity contribution in [3.05, 3.63) is 10.4 Å². The molecule has 0 unspecified atom stereocenters. The average Bonchev–Trinajstić information content (AvgIpc) is 2.94. The molecule has 1 aliphatic heterocycles. The maximum absolute atomic E-state index is 6.27. The molecule has 0 amide bonds. The third kappa shape index (κ3) is 3.35. The average molecular weight is 349 g/mol. The van der Waals surface area contributed by atoms with Crippen LogP contribution < -0.4 is 5.73 Å². The lowest BCUT2D eigenvalue weighted by molar-refractivity contribution is 0.242. The van der Waals surface area contributed by atoms with Crippen molar-refractivity contribution in [2.24, 2.45) is 0 Å². The maximum atomic E-state index is 6.27. The molecule has 1 fully saturated rings. The third-order valence-corrected chi connectivity index (χ3v) is 6.92. The van der Waals surface area contributed by atoms with E-state index >= 15 is 0 Å². The second-order valence-electron chi connectivity index (χ2n) is 6.53. The lowest BCUT2D eigenvalue weighted by atomic mass is 9.97. The summed E-state index contributed by atoms with van der Waals surface area (Å²) in [6.45, 7) is 3.63. The molecule has 6 heteroatoms. The first kappa shape index (κ1) is 15.7. The van der Waals surface area contributed by atoms with E-state index in [2.05, 4.69) is 9.88 Å². The number of nitrogens with zero attached hydrogens (tertiary/aromatic N) is 3. The molecule has 23 heavy (non-hydrogen) atoms. The number of nitrogen functional groups attached to an aromatic ring is 1. The molecular weight excluding hydrogens is 324 g/mol. The molecule has 0 saturated carbocycles. The highest BCUT2D eigenvalue weighted by atomic mass is 32.2. The van der Waals surface area contributed by atoms with Crippen LogP contribution in [0.15, 0.2) is 5.16 Å². The number of thioether (sulfide) groups is 1. The van der Waals surface area contributed by atoms with Crippen molar-refractivity contribution < 1.29 is 0 Å². The highest BCUT2D eigenvalue weighted by Crippen LogP contribution is 2.38. The topological polar surface area (TPSA) is 55.0 Å². The number of aryl methyl sites for hydroxylation is 2. The number of hydrogen-bond acceptors (Lipinski definition) is 6. The van der Waals surface area contributed by atoms with Gasteiger partial charge >= 0.3 is 0 Å². The summed E-state index contributed by atoms with van der Waals surface area (Å²) in [6, 6.07) is 0. The fourth-order valence-electron chi connectivity index (χ4n) is 3.68. The monoisotopic (exact) mass is 348 g/mol. The van der Waals surface area contributed by atoms with E-state index in [0.717, 1.165) is 34.1 Å². The van der Waals surface area contributed by atoms with Crippen LogP contribution in [-0.2, 0) is 12.8 Å². The van der Waals surface area contributed by atoms with Gasteiger partial charge in [-0.25, -0.2) is 9.97 Å². The summed E-state index contributed by atoms with van der Waals surface area (Å²) >= 11 is 3.59. The number of nitrogens with two attached hydrogens (primary N) is 1. The van der Waals surface area contributed by atoms with Gasteiger partial charge in [-0.3, -0.25) is 0 Å². The second-order valence-corrected chi connectivity index (χ2v) is 8.68. The van der Waals surface area contributed by atoms with Gasteiger partial charge in [0.25, 0.3) is 0 Å². The Morgan fingerprint density at radius 3 is 2.74 bits per heavy atom. The van der Waals surface area contributed by atoms with E-state index in [1.54, 1.807) is 11.8 Å². The van der Waals surface area contributed by atoms with Gasteiger partial charge in [0.05, 0.1) is 5.39 Å². The molecule has 2 aromatic rings. The summed E-state index contributed by atoms with van der Waals surface area (Å²) in [6.07, 6.45) is 8.98. The number of rotatable bonds is 4. The van der Waals surface area contributed by atoms with Crippen LogP contribution in [0.5, 0.6) is 0 Å². The van der Waals surface area contributed by atoms with Crippen molar-refractivity contribution in [1.29, 1.82) is 0 Å². The Labute approximate surface area is 145 Å².